The molecule has 0 bridgehead atoms. The highest BCUT2D eigenvalue weighted by Gasteiger charge is 2.15. The molecule has 2 unspecified atom stereocenters. The van der Waals surface area contributed by atoms with E-state index in [1.165, 1.54) is 11.8 Å². The summed E-state index contributed by atoms with van der Waals surface area (Å²) in [5, 5.41) is 18.8. The molecule has 0 aliphatic rings. The first-order chi connectivity index (χ1) is 8.15. The normalized spacial score (nSPS) is 14.3. The van der Waals surface area contributed by atoms with Gasteiger partial charge in [0.05, 0.1) is 18.0 Å². The Bertz CT molecular complexity index is 343. The second-order valence-electron chi connectivity index (χ2n) is 3.62. The fraction of sp³-hybridized carbons (Fsp3) is 0.417. The van der Waals surface area contributed by atoms with Crippen LogP contribution in [0.15, 0.2) is 30.3 Å². The third-order valence-electron chi connectivity index (χ3n) is 2.25. The molecule has 1 aromatic carbocycles. The van der Waals surface area contributed by atoms with Gasteiger partial charge < -0.3 is 10.2 Å². The zero-order valence-electron chi connectivity index (χ0n) is 9.32. The molecular weight excluding hydrogens is 256 g/mol. The average molecular weight is 272 g/mol. The fourth-order valence-corrected chi connectivity index (χ4v) is 2.39. The van der Waals surface area contributed by atoms with Crippen LogP contribution in [0.1, 0.15) is 10.4 Å². The maximum atomic E-state index is 11.7. The van der Waals surface area contributed by atoms with Gasteiger partial charge in [-0.25, -0.2) is 0 Å². The molecule has 0 heterocycles. The maximum absolute atomic E-state index is 11.7. The molecule has 3 nitrogen and oxygen atoms in total. The molecule has 1 rings (SSSR count). The fourth-order valence-electron chi connectivity index (χ4n) is 1.21. The summed E-state index contributed by atoms with van der Waals surface area (Å²) in [4.78, 5) is 11.7. The van der Waals surface area contributed by atoms with Crippen molar-refractivity contribution in [2.24, 2.45) is 0 Å². The van der Waals surface area contributed by atoms with Gasteiger partial charge in [0.15, 0.2) is 5.78 Å². The monoisotopic (exact) mass is 272 g/mol. The Balaban J connectivity index is 2.30. The van der Waals surface area contributed by atoms with Crippen LogP contribution < -0.4 is 0 Å². The van der Waals surface area contributed by atoms with Crippen molar-refractivity contribution in [1.82, 2.24) is 0 Å². The number of thiol groups is 1. The number of aliphatic hydroxyl groups is 2. The topological polar surface area (TPSA) is 57.5 Å². The summed E-state index contributed by atoms with van der Waals surface area (Å²) in [5.41, 5.74) is 0.671. The van der Waals surface area contributed by atoms with Crippen molar-refractivity contribution in [3.05, 3.63) is 35.9 Å². The highest BCUT2D eigenvalue weighted by Crippen LogP contribution is 2.10. The molecule has 0 aromatic heterocycles. The first-order valence-corrected chi connectivity index (χ1v) is 7.07. The van der Waals surface area contributed by atoms with Crippen molar-refractivity contribution >= 4 is 30.2 Å². The summed E-state index contributed by atoms with van der Waals surface area (Å²) in [7, 11) is 0. The lowest BCUT2D eigenvalue weighted by Crippen LogP contribution is -2.29. The van der Waals surface area contributed by atoms with Crippen LogP contribution in [-0.4, -0.2) is 45.5 Å². The first kappa shape index (κ1) is 14.6. The number of benzene rings is 1. The predicted molar refractivity (Wildman–Crippen MR) is 74.0 cm³/mol. The number of hydrogen-bond acceptors (Lipinski definition) is 5. The number of hydrogen-bond donors (Lipinski definition) is 3. The molecule has 0 amide bonds. The molecule has 2 atom stereocenters. The minimum absolute atomic E-state index is 0.0307. The van der Waals surface area contributed by atoms with E-state index in [2.05, 4.69) is 12.6 Å². The molecule has 0 spiro atoms. The second kappa shape index (κ2) is 7.76. The minimum Gasteiger partial charge on any atom is -0.390 e. The lowest BCUT2D eigenvalue weighted by molar-refractivity contribution is 0.0502. The molecule has 0 saturated heterocycles. The van der Waals surface area contributed by atoms with Crippen molar-refractivity contribution in [2.75, 3.05) is 17.3 Å². The van der Waals surface area contributed by atoms with E-state index < -0.39 is 12.2 Å². The molecule has 0 aliphatic carbocycles. The molecule has 2 N–H and O–H groups in total. The maximum Gasteiger partial charge on any atom is 0.172 e. The van der Waals surface area contributed by atoms with Gasteiger partial charge in [0.1, 0.15) is 0 Å². The number of rotatable bonds is 7. The highest BCUT2D eigenvalue weighted by atomic mass is 32.2. The third kappa shape index (κ3) is 5.12. The molecular formula is C12H16O3S2. The van der Waals surface area contributed by atoms with Crippen molar-refractivity contribution in [1.29, 1.82) is 0 Å². The minimum atomic E-state index is -0.835. The summed E-state index contributed by atoms with van der Waals surface area (Å²) in [6.07, 6.45) is -1.67. The van der Waals surface area contributed by atoms with E-state index >= 15 is 0 Å². The van der Waals surface area contributed by atoms with Gasteiger partial charge in [0.25, 0.3) is 0 Å². The van der Waals surface area contributed by atoms with Crippen molar-refractivity contribution in [3.63, 3.8) is 0 Å². The van der Waals surface area contributed by atoms with E-state index in [0.29, 0.717) is 17.1 Å². The number of Topliss-reactive ketones (excluding diaryl/α,β-unsaturated/α-hetero) is 1. The highest BCUT2D eigenvalue weighted by molar-refractivity contribution is 8.00. The van der Waals surface area contributed by atoms with Crippen LogP contribution in [0.4, 0.5) is 0 Å². The lowest BCUT2D eigenvalue weighted by Gasteiger charge is -2.14. The number of carbonyl (C=O) groups excluding carboxylic acids is 1. The summed E-state index contributed by atoms with van der Waals surface area (Å²) in [5.74, 6) is 0.887. The Hall–Kier alpha value is -0.490. The Kier molecular flexibility index (Phi) is 6.65. The quantitative estimate of drug-likeness (QED) is 0.516. The molecule has 0 aliphatic heterocycles. The summed E-state index contributed by atoms with van der Waals surface area (Å²) < 4.78 is 0. The van der Waals surface area contributed by atoms with Gasteiger partial charge in [-0.2, -0.15) is 24.4 Å². The van der Waals surface area contributed by atoms with E-state index in [9.17, 15) is 15.0 Å². The standard InChI is InChI=1S/C12H16O3S2/c13-10(6-16)12(15)8-17-7-11(14)9-4-2-1-3-5-9/h1-5,10,12-13,15-16H,6-8H2. The van der Waals surface area contributed by atoms with E-state index in [1.807, 2.05) is 18.2 Å². The van der Waals surface area contributed by atoms with Crippen LogP contribution in [-0.2, 0) is 0 Å². The molecule has 0 fully saturated rings. The molecule has 0 saturated carbocycles. The summed E-state index contributed by atoms with van der Waals surface area (Å²) in [6, 6.07) is 9.02. The SMILES string of the molecule is O=C(CSCC(O)C(O)CS)c1ccccc1. The van der Waals surface area contributed by atoms with Crippen LogP contribution in [0.25, 0.3) is 0 Å². The number of ketones is 1. The predicted octanol–water partition coefficient (Wildman–Crippen LogP) is 1.25. The van der Waals surface area contributed by atoms with E-state index in [1.54, 1.807) is 12.1 Å². The van der Waals surface area contributed by atoms with Crippen molar-refractivity contribution < 1.29 is 15.0 Å². The summed E-state index contributed by atoms with van der Waals surface area (Å²) in [6.45, 7) is 0. The molecule has 0 radical (unpaired) electrons. The average Bonchev–Trinajstić information content (AvgIpc) is 2.38. The zero-order valence-corrected chi connectivity index (χ0v) is 11.0. The van der Waals surface area contributed by atoms with E-state index in [-0.39, 0.29) is 11.5 Å². The Labute approximate surface area is 111 Å². The van der Waals surface area contributed by atoms with Gasteiger partial charge in [-0.3, -0.25) is 4.79 Å². The molecule has 94 valence electrons. The van der Waals surface area contributed by atoms with Gasteiger partial charge in [0, 0.05) is 17.1 Å². The second-order valence-corrected chi connectivity index (χ2v) is 5.02. The number of aliphatic hydroxyl groups excluding tert-OH is 2. The number of thioether (sulfide) groups is 1. The van der Waals surface area contributed by atoms with E-state index in [0.717, 1.165) is 0 Å². The van der Waals surface area contributed by atoms with Gasteiger partial charge in [-0.05, 0) is 0 Å². The van der Waals surface area contributed by atoms with Gasteiger partial charge in [0.2, 0.25) is 0 Å². The van der Waals surface area contributed by atoms with Crippen molar-refractivity contribution in [2.45, 2.75) is 12.2 Å². The van der Waals surface area contributed by atoms with Gasteiger partial charge in [-0.1, -0.05) is 30.3 Å². The Morgan fingerprint density at radius 2 is 1.88 bits per heavy atom. The molecule has 5 heteroatoms. The van der Waals surface area contributed by atoms with E-state index in [4.69, 9.17) is 0 Å². The lowest BCUT2D eigenvalue weighted by atomic mass is 10.2. The zero-order chi connectivity index (χ0) is 12.7. The Morgan fingerprint density at radius 3 is 2.47 bits per heavy atom. The largest absolute Gasteiger partial charge is 0.390 e. The molecule has 17 heavy (non-hydrogen) atoms. The first-order valence-electron chi connectivity index (χ1n) is 5.28. The van der Waals surface area contributed by atoms with Crippen LogP contribution in [0.2, 0.25) is 0 Å². The van der Waals surface area contributed by atoms with Gasteiger partial charge >= 0.3 is 0 Å². The van der Waals surface area contributed by atoms with Crippen molar-refractivity contribution in [3.8, 4) is 0 Å². The van der Waals surface area contributed by atoms with Crippen LogP contribution in [0.3, 0.4) is 0 Å². The van der Waals surface area contributed by atoms with Crippen LogP contribution in [0.5, 0.6) is 0 Å². The third-order valence-corrected chi connectivity index (χ3v) is 3.67. The van der Waals surface area contributed by atoms with Crippen LogP contribution in [0, 0.1) is 0 Å². The Morgan fingerprint density at radius 1 is 1.24 bits per heavy atom. The van der Waals surface area contributed by atoms with Crippen LogP contribution >= 0.6 is 24.4 Å². The smallest absolute Gasteiger partial charge is 0.172 e. The van der Waals surface area contributed by atoms with Gasteiger partial charge in [-0.15, -0.1) is 0 Å². The number of carbonyl (C=O) groups is 1. The summed E-state index contributed by atoms with van der Waals surface area (Å²) >= 11 is 5.20. The molecule has 1 aromatic rings.